The summed E-state index contributed by atoms with van der Waals surface area (Å²) in [6.45, 7) is 14.1. The summed E-state index contributed by atoms with van der Waals surface area (Å²) in [6, 6.07) is 6.54. The molecule has 1 rings (SSSR count). The quantitative estimate of drug-likeness (QED) is 0.234. The maximum Gasteiger partial charge on any atom is 0.122 e. The van der Waals surface area contributed by atoms with Crippen LogP contribution in [0.4, 0.5) is 0 Å². The molecule has 2 N–H and O–H groups in total. The Labute approximate surface area is 225 Å². The third-order valence-corrected chi connectivity index (χ3v) is 7.90. The molecule has 0 fully saturated rings. The van der Waals surface area contributed by atoms with Gasteiger partial charge in [-0.2, -0.15) is 0 Å². The number of likely N-dealkylation sites (N-methyl/N-ethyl adjacent to an activating group) is 1. The van der Waals surface area contributed by atoms with Gasteiger partial charge in [-0.15, -0.1) is 11.8 Å². The van der Waals surface area contributed by atoms with Crippen LogP contribution in [0.2, 0.25) is 0 Å². The molecule has 0 saturated heterocycles. The summed E-state index contributed by atoms with van der Waals surface area (Å²) in [4.78, 5) is 3.56. The number of benzene rings is 1. The predicted molar refractivity (Wildman–Crippen MR) is 158 cm³/mol. The molecule has 0 aliphatic rings. The average molecular weight is 518 g/mol. The zero-order valence-electron chi connectivity index (χ0n) is 24.0. The smallest absolute Gasteiger partial charge is 0.122 e. The van der Waals surface area contributed by atoms with Crippen LogP contribution in [0.3, 0.4) is 0 Å². The first-order chi connectivity index (χ1) is 17.0. The van der Waals surface area contributed by atoms with Crippen LogP contribution in [-0.2, 0) is 5.41 Å². The number of rotatable bonds is 16. The summed E-state index contributed by atoms with van der Waals surface area (Å²) in [5, 5.41) is 19.5. The molecule has 1 aromatic rings. The van der Waals surface area contributed by atoms with Gasteiger partial charge in [0, 0.05) is 24.3 Å². The largest absolute Gasteiger partial charge is 0.491 e. The fraction of sp³-hybridized carbons (Fsp3) is 0.613. The predicted octanol–water partition coefficient (Wildman–Crippen LogP) is 6.90. The van der Waals surface area contributed by atoms with Crippen LogP contribution >= 0.6 is 11.8 Å². The first-order valence-corrected chi connectivity index (χ1v) is 14.3. The van der Waals surface area contributed by atoms with Crippen LogP contribution in [0.5, 0.6) is 5.75 Å². The van der Waals surface area contributed by atoms with E-state index in [4.69, 9.17) is 9.84 Å². The molecule has 4 nitrogen and oxygen atoms in total. The van der Waals surface area contributed by atoms with Gasteiger partial charge >= 0.3 is 0 Å². The SMILES string of the molecule is CCC(CC)(/C(=C/C/C=C\CCO)SC/C=C/CN(C)C)c1ccc(OCC(O)C(C)(C)C)c(C)c1. The normalized spacial score (nSPS) is 14.4. The van der Waals surface area contributed by atoms with E-state index < -0.39 is 6.10 Å². The number of hydrogen-bond acceptors (Lipinski definition) is 5. The summed E-state index contributed by atoms with van der Waals surface area (Å²) >= 11 is 1.92. The average Bonchev–Trinajstić information content (AvgIpc) is 2.82. The van der Waals surface area contributed by atoms with E-state index in [1.165, 1.54) is 10.5 Å². The van der Waals surface area contributed by atoms with Gasteiger partial charge in [-0.3, -0.25) is 0 Å². The third kappa shape index (κ3) is 10.5. The van der Waals surface area contributed by atoms with Crippen molar-refractivity contribution < 1.29 is 14.9 Å². The van der Waals surface area contributed by atoms with Crippen molar-refractivity contribution in [2.24, 2.45) is 5.41 Å². The second kappa shape index (κ2) is 16.3. The molecule has 0 saturated carbocycles. The Balaban J connectivity index is 3.24. The number of aryl methyl sites for hydroxylation is 1. The van der Waals surface area contributed by atoms with Gasteiger partial charge in [0.2, 0.25) is 0 Å². The van der Waals surface area contributed by atoms with Crippen LogP contribution in [-0.4, -0.2) is 60.8 Å². The highest BCUT2D eigenvalue weighted by Crippen LogP contribution is 2.45. The monoisotopic (exact) mass is 517 g/mol. The van der Waals surface area contributed by atoms with Gasteiger partial charge < -0.3 is 19.8 Å². The minimum atomic E-state index is -0.521. The molecule has 1 aromatic carbocycles. The summed E-state index contributed by atoms with van der Waals surface area (Å²) in [6.07, 6.45) is 14.1. The summed E-state index contributed by atoms with van der Waals surface area (Å²) in [7, 11) is 4.17. The summed E-state index contributed by atoms with van der Waals surface area (Å²) in [5.41, 5.74) is 2.12. The summed E-state index contributed by atoms with van der Waals surface area (Å²) < 4.78 is 6.02. The number of thioether (sulfide) groups is 1. The Morgan fingerprint density at radius 2 is 1.78 bits per heavy atom. The first kappa shape index (κ1) is 32.5. The lowest BCUT2D eigenvalue weighted by atomic mass is 9.74. The maximum absolute atomic E-state index is 10.4. The van der Waals surface area contributed by atoms with E-state index in [-0.39, 0.29) is 24.0 Å². The van der Waals surface area contributed by atoms with Crippen molar-refractivity contribution in [2.45, 2.75) is 78.7 Å². The maximum atomic E-state index is 10.4. The van der Waals surface area contributed by atoms with Crippen molar-refractivity contribution in [3.63, 3.8) is 0 Å². The Kier molecular flexibility index (Phi) is 14.8. The van der Waals surface area contributed by atoms with Crippen molar-refractivity contribution >= 4 is 11.8 Å². The minimum Gasteiger partial charge on any atom is -0.491 e. The number of nitrogens with zero attached hydrogens (tertiary/aromatic N) is 1. The number of hydrogen-bond donors (Lipinski definition) is 2. The molecule has 0 aromatic heterocycles. The van der Waals surface area contributed by atoms with Crippen molar-refractivity contribution in [1.29, 1.82) is 0 Å². The topological polar surface area (TPSA) is 52.9 Å². The van der Waals surface area contributed by atoms with E-state index in [2.05, 4.69) is 88.3 Å². The lowest BCUT2D eigenvalue weighted by Gasteiger charge is -2.35. The number of aliphatic hydroxyl groups is 2. The molecule has 0 aliphatic carbocycles. The zero-order chi connectivity index (χ0) is 27.2. The van der Waals surface area contributed by atoms with Crippen LogP contribution in [0.15, 0.2) is 53.5 Å². The van der Waals surface area contributed by atoms with E-state index >= 15 is 0 Å². The number of ether oxygens (including phenoxy) is 1. The van der Waals surface area contributed by atoms with Gasteiger partial charge in [0.25, 0.3) is 0 Å². The Bertz CT molecular complexity index is 848. The van der Waals surface area contributed by atoms with Crippen molar-refractivity contribution in [3.8, 4) is 5.75 Å². The molecule has 0 amide bonds. The van der Waals surface area contributed by atoms with Gasteiger partial charge in [0.15, 0.2) is 0 Å². The highest BCUT2D eigenvalue weighted by molar-refractivity contribution is 8.03. The molecule has 0 bridgehead atoms. The zero-order valence-corrected chi connectivity index (χ0v) is 24.8. The van der Waals surface area contributed by atoms with Gasteiger partial charge in [0.1, 0.15) is 12.4 Å². The van der Waals surface area contributed by atoms with E-state index in [1.807, 2.05) is 32.5 Å². The Morgan fingerprint density at radius 1 is 1.08 bits per heavy atom. The molecule has 0 aliphatic heterocycles. The van der Waals surface area contributed by atoms with Crippen molar-refractivity contribution in [1.82, 2.24) is 4.90 Å². The van der Waals surface area contributed by atoms with Crippen LogP contribution in [0.25, 0.3) is 0 Å². The van der Waals surface area contributed by atoms with E-state index in [9.17, 15) is 5.11 Å². The Hall–Kier alpha value is -1.53. The highest BCUT2D eigenvalue weighted by Gasteiger charge is 2.33. The van der Waals surface area contributed by atoms with E-state index in [0.717, 1.165) is 42.9 Å². The van der Waals surface area contributed by atoms with Gasteiger partial charge in [-0.25, -0.2) is 0 Å². The van der Waals surface area contributed by atoms with Gasteiger partial charge in [-0.05, 0) is 74.2 Å². The van der Waals surface area contributed by atoms with Crippen molar-refractivity contribution in [3.05, 3.63) is 64.6 Å². The number of aliphatic hydroxyl groups excluding tert-OH is 2. The fourth-order valence-corrected chi connectivity index (χ4v) is 5.33. The summed E-state index contributed by atoms with van der Waals surface area (Å²) in [5.74, 6) is 1.77. The molecule has 36 heavy (non-hydrogen) atoms. The standard InChI is InChI=1S/C31H51NO3S/c1-9-31(10-2,26-18-19-27(25(3)23-26)35-24-28(34)30(4,5)6)29(17-13-11-12-15-21-33)36-22-16-14-20-32(7)8/h11-12,14,16-19,23,28,33-34H,9-10,13,15,20-22,24H2,1-8H3/b12-11-,16-14+,29-17-. The van der Waals surface area contributed by atoms with Crippen LogP contribution in [0.1, 0.15) is 71.4 Å². The lowest BCUT2D eigenvalue weighted by molar-refractivity contribution is 0.0216. The molecule has 1 unspecified atom stereocenters. The molecule has 0 spiro atoms. The van der Waals surface area contributed by atoms with Crippen LogP contribution < -0.4 is 4.74 Å². The second-order valence-electron chi connectivity index (χ2n) is 10.8. The molecule has 0 radical (unpaired) electrons. The first-order valence-electron chi connectivity index (χ1n) is 13.3. The second-order valence-corrected chi connectivity index (χ2v) is 11.9. The molecular weight excluding hydrogens is 466 g/mol. The molecular formula is C31H51NO3S. The molecule has 0 heterocycles. The van der Waals surface area contributed by atoms with Crippen LogP contribution in [0, 0.1) is 12.3 Å². The molecule has 1 atom stereocenters. The minimum absolute atomic E-state index is 0.0704. The van der Waals surface area contributed by atoms with Gasteiger partial charge in [-0.1, -0.05) is 77.1 Å². The number of allylic oxidation sites excluding steroid dienone is 3. The van der Waals surface area contributed by atoms with E-state index in [0.29, 0.717) is 6.42 Å². The highest BCUT2D eigenvalue weighted by atomic mass is 32.2. The third-order valence-electron chi connectivity index (χ3n) is 6.68. The van der Waals surface area contributed by atoms with E-state index in [1.54, 1.807) is 0 Å². The molecule has 204 valence electrons. The lowest BCUT2D eigenvalue weighted by Crippen LogP contribution is -2.32. The molecule has 5 heteroatoms. The van der Waals surface area contributed by atoms with Gasteiger partial charge in [0.05, 0.1) is 6.10 Å². The Morgan fingerprint density at radius 3 is 2.33 bits per heavy atom. The fourth-order valence-electron chi connectivity index (χ4n) is 4.02. The van der Waals surface area contributed by atoms with Crippen molar-refractivity contribution in [2.75, 3.05) is 39.6 Å².